The topological polar surface area (TPSA) is 91.0 Å². The third kappa shape index (κ3) is 4.37. The van der Waals surface area contributed by atoms with Crippen molar-refractivity contribution in [3.63, 3.8) is 0 Å². The van der Waals surface area contributed by atoms with Crippen LogP contribution in [0.3, 0.4) is 0 Å². The first-order valence-electron chi connectivity index (χ1n) is 10.3. The number of nitrogens with zero attached hydrogens (tertiary/aromatic N) is 3. The Labute approximate surface area is 193 Å². The van der Waals surface area contributed by atoms with Crippen LogP contribution < -0.4 is 5.32 Å². The van der Waals surface area contributed by atoms with Crippen LogP contribution in [0.2, 0.25) is 5.02 Å². The molecule has 4 aromatic rings. The lowest BCUT2D eigenvalue weighted by Crippen LogP contribution is -2.35. The molecule has 0 atom stereocenters. The second kappa shape index (κ2) is 8.72. The summed E-state index contributed by atoms with van der Waals surface area (Å²) in [5, 5.41) is 15.1. The Morgan fingerprint density at radius 1 is 1.16 bits per heavy atom. The van der Waals surface area contributed by atoms with Crippen molar-refractivity contribution < 1.29 is 9.59 Å². The van der Waals surface area contributed by atoms with Crippen LogP contribution in [-0.4, -0.2) is 38.7 Å². The molecule has 0 spiro atoms. The summed E-state index contributed by atoms with van der Waals surface area (Å²) in [6.07, 6.45) is 1.83. The fourth-order valence-electron chi connectivity index (χ4n) is 3.82. The van der Waals surface area contributed by atoms with Crippen molar-refractivity contribution >= 4 is 50.8 Å². The van der Waals surface area contributed by atoms with Crippen LogP contribution >= 0.6 is 22.9 Å². The molecule has 7 nitrogen and oxygen atoms in total. The first kappa shape index (κ1) is 20.7. The average molecular weight is 466 g/mol. The molecule has 9 heteroatoms. The van der Waals surface area contributed by atoms with Crippen LogP contribution in [0.25, 0.3) is 11.0 Å². The highest BCUT2D eigenvalue weighted by molar-refractivity contribution is 7.16. The maximum atomic E-state index is 13.0. The van der Waals surface area contributed by atoms with Crippen LogP contribution in [0.5, 0.6) is 0 Å². The Balaban J connectivity index is 1.21. The maximum Gasteiger partial charge on any atom is 0.254 e. The fourth-order valence-corrected chi connectivity index (χ4v) is 5.09. The number of H-pyrrole nitrogens is 1. The number of hydrogen-bond donors (Lipinski definition) is 2. The monoisotopic (exact) mass is 465 g/mol. The molecule has 0 unspecified atom stereocenters. The average Bonchev–Trinajstić information content (AvgIpc) is 3.43. The van der Waals surface area contributed by atoms with E-state index >= 15 is 0 Å². The van der Waals surface area contributed by atoms with E-state index in [1.54, 1.807) is 12.1 Å². The Hall–Kier alpha value is -3.23. The molecule has 2 amide bonds. The summed E-state index contributed by atoms with van der Waals surface area (Å²) in [6.45, 7) is 1.18. The van der Waals surface area contributed by atoms with E-state index in [2.05, 4.69) is 20.7 Å². The number of fused-ring (bicyclic) bond motifs is 2. The third-order valence-electron chi connectivity index (χ3n) is 5.56. The smallest absolute Gasteiger partial charge is 0.254 e. The molecular formula is C23H20ClN5O2S. The molecule has 1 aliphatic heterocycles. The molecule has 0 fully saturated rings. The van der Waals surface area contributed by atoms with Gasteiger partial charge in [0.25, 0.3) is 5.91 Å². The Bertz CT molecular complexity index is 1300. The molecule has 0 radical (unpaired) electrons. The van der Waals surface area contributed by atoms with E-state index in [1.807, 2.05) is 41.3 Å². The summed E-state index contributed by atoms with van der Waals surface area (Å²) >= 11 is 7.44. The lowest BCUT2D eigenvalue weighted by molar-refractivity contribution is -0.116. The van der Waals surface area contributed by atoms with Gasteiger partial charge in [-0.05, 0) is 60.4 Å². The Morgan fingerprint density at radius 3 is 2.84 bits per heavy atom. The van der Waals surface area contributed by atoms with Gasteiger partial charge < -0.3 is 10.2 Å². The Morgan fingerprint density at radius 2 is 2.00 bits per heavy atom. The normalized spacial score (nSPS) is 13.2. The molecule has 0 saturated heterocycles. The second-order valence-corrected chi connectivity index (χ2v) is 9.33. The van der Waals surface area contributed by atoms with E-state index in [9.17, 15) is 9.59 Å². The molecule has 1 aliphatic rings. The number of carbonyl (C=O) groups is 2. The molecular weight excluding hydrogens is 446 g/mol. The first-order valence-corrected chi connectivity index (χ1v) is 11.5. The second-order valence-electron chi connectivity index (χ2n) is 7.75. The van der Waals surface area contributed by atoms with Crippen molar-refractivity contribution in [3.8, 4) is 0 Å². The largest absolute Gasteiger partial charge is 0.333 e. The van der Waals surface area contributed by atoms with Gasteiger partial charge in [0.05, 0.1) is 17.1 Å². The minimum Gasteiger partial charge on any atom is -0.333 e. The number of halogens is 1. The van der Waals surface area contributed by atoms with E-state index in [0.29, 0.717) is 42.0 Å². The fraction of sp³-hybridized carbons (Fsp3) is 0.217. The van der Waals surface area contributed by atoms with E-state index < -0.39 is 0 Å². The van der Waals surface area contributed by atoms with Crippen molar-refractivity contribution in [1.29, 1.82) is 0 Å². The quantitative estimate of drug-likeness (QED) is 0.455. The summed E-state index contributed by atoms with van der Waals surface area (Å²) in [7, 11) is 0. The Kier molecular flexibility index (Phi) is 5.63. The van der Waals surface area contributed by atoms with Gasteiger partial charge in [0.2, 0.25) is 5.91 Å². The maximum absolute atomic E-state index is 13.0. The van der Waals surface area contributed by atoms with Crippen LogP contribution in [0, 0.1) is 0 Å². The van der Waals surface area contributed by atoms with Gasteiger partial charge in [-0.2, -0.15) is 0 Å². The van der Waals surface area contributed by atoms with Gasteiger partial charge in [-0.25, -0.2) is 0 Å². The summed E-state index contributed by atoms with van der Waals surface area (Å²) in [5.74, 6) is -0.0464. The number of nitrogens with one attached hydrogen (secondary N) is 2. The number of aromatic amines is 1. The van der Waals surface area contributed by atoms with Crippen LogP contribution in [0.4, 0.5) is 5.00 Å². The highest BCUT2D eigenvalue weighted by Crippen LogP contribution is 2.32. The van der Waals surface area contributed by atoms with E-state index in [-0.39, 0.29) is 11.8 Å². The molecule has 3 heterocycles. The first-order chi connectivity index (χ1) is 15.5. The number of aromatic nitrogens is 3. The predicted molar refractivity (Wildman–Crippen MR) is 125 cm³/mol. The van der Waals surface area contributed by atoms with Crippen LogP contribution in [-0.2, 0) is 24.2 Å². The molecule has 2 N–H and O–H groups in total. The number of aryl methyl sites for hydroxylation is 1. The summed E-state index contributed by atoms with van der Waals surface area (Å²) < 4.78 is 0. The summed E-state index contributed by atoms with van der Waals surface area (Å²) in [6, 6.07) is 14.9. The van der Waals surface area contributed by atoms with Gasteiger partial charge in [-0.3, -0.25) is 14.7 Å². The van der Waals surface area contributed by atoms with Gasteiger partial charge in [0, 0.05) is 28.4 Å². The highest BCUT2D eigenvalue weighted by Gasteiger charge is 2.24. The van der Waals surface area contributed by atoms with Crippen molar-refractivity contribution in [1.82, 2.24) is 20.3 Å². The minimum atomic E-state index is -0.0255. The lowest BCUT2D eigenvalue weighted by Gasteiger charge is -2.26. The van der Waals surface area contributed by atoms with Crippen molar-refractivity contribution in [2.45, 2.75) is 25.8 Å². The standard InChI is InChI=1S/C23H20ClN5O2S/c24-17-5-1-14(2-6-17)3-8-21(30)25-22-12-15-9-10-29(13-20(15)32-22)23(31)16-4-7-18-19(11-16)27-28-26-18/h1-2,4-7,11-12H,3,8-10,13H2,(H,25,30)(H,26,27,28). The van der Waals surface area contributed by atoms with Gasteiger partial charge >= 0.3 is 0 Å². The van der Waals surface area contributed by atoms with E-state index in [1.165, 1.54) is 16.9 Å². The SMILES string of the molecule is O=C(CCc1ccc(Cl)cc1)Nc1cc2c(s1)CN(C(=O)c1ccc3[nH]nnc3c1)CC2. The number of anilines is 1. The number of amides is 2. The van der Waals surface area contributed by atoms with Crippen molar-refractivity contribution in [2.24, 2.45) is 0 Å². The number of hydrogen-bond acceptors (Lipinski definition) is 5. The zero-order valence-electron chi connectivity index (χ0n) is 17.1. The number of thiophene rings is 1. The number of benzene rings is 2. The zero-order valence-corrected chi connectivity index (χ0v) is 18.7. The molecule has 2 aromatic heterocycles. The summed E-state index contributed by atoms with van der Waals surface area (Å²) in [4.78, 5) is 28.3. The molecule has 0 aliphatic carbocycles. The molecule has 2 aromatic carbocycles. The van der Waals surface area contributed by atoms with Gasteiger partial charge in [0.1, 0.15) is 5.52 Å². The van der Waals surface area contributed by atoms with Crippen molar-refractivity contribution in [3.05, 3.63) is 75.1 Å². The molecule has 162 valence electrons. The number of carbonyl (C=O) groups excluding carboxylic acids is 2. The van der Waals surface area contributed by atoms with Crippen LogP contribution in [0.1, 0.15) is 32.8 Å². The van der Waals surface area contributed by atoms with Gasteiger partial charge in [-0.15, -0.1) is 16.4 Å². The van der Waals surface area contributed by atoms with Gasteiger partial charge in [-0.1, -0.05) is 28.9 Å². The molecule has 32 heavy (non-hydrogen) atoms. The number of rotatable bonds is 5. The lowest BCUT2D eigenvalue weighted by atomic mass is 10.1. The van der Waals surface area contributed by atoms with Gasteiger partial charge in [0.15, 0.2) is 0 Å². The van der Waals surface area contributed by atoms with E-state index in [4.69, 9.17) is 11.6 Å². The van der Waals surface area contributed by atoms with Crippen molar-refractivity contribution in [2.75, 3.05) is 11.9 Å². The molecule has 0 bridgehead atoms. The molecule has 5 rings (SSSR count). The van der Waals surface area contributed by atoms with Crippen LogP contribution in [0.15, 0.2) is 48.5 Å². The summed E-state index contributed by atoms with van der Waals surface area (Å²) in [5.41, 5.74) is 4.35. The minimum absolute atomic E-state index is 0.0209. The molecule has 0 saturated carbocycles. The third-order valence-corrected chi connectivity index (χ3v) is 6.89. The van der Waals surface area contributed by atoms with E-state index in [0.717, 1.165) is 27.4 Å². The predicted octanol–water partition coefficient (Wildman–Crippen LogP) is 4.44. The zero-order chi connectivity index (χ0) is 22.1. The highest BCUT2D eigenvalue weighted by atomic mass is 35.5.